The Hall–Kier alpha value is -4.63. The number of fused-ring (bicyclic) bond motifs is 1. The van der Waals surface area contributed by atoms with Gasteiger partial charge in [0.05, 0.1) is 12.3 Å². The Morgan fingerprint density at radius 1 is 0.881 bits per heavy atom. The van der Waals surface area contributed by atoms with Crippen molar-refractivity contribution in [3.8, 4) is 28.3 Å². The Labute approximate surface area is 240 Å². The van der Waals surface area contributed by atoms with Crippen molar-refractivity contribution in [2.75, 3.05) is 13.2 Å². The standard InChI is InChI=1S/C33H28F3NO5/c1-21-28(37-31(42-21)24-13-11-23(12-14-24)22-7-3-2-4-8-22)17-18-40-29-16-15-25(26-9-5-6-10-27(26)29)19-30(32(38)39)41-20-33(34,35)36/h2-16,30H,17-20H2,1H3,(H,38,39)/t30-/m0/s1. The molecular formula is C33H28F3NO5. The first-order chi connectivity index (χ1) is 20.2. The normalized spacial score (nSPS) is 12.4. The minimum Gasteiger partial charge on any atom is -0.493 e. The average Bonchev–Trinajstić information content (AvgIpc) is 3.36. The van der Waals surface area contributed by atoms with Gasteiger partial charge < -0.3 is 19.0 Å². The van der Waals surface area contributed by atoms with E-state index in [4.69, 9.17) is 9.15 Å². The van der Waals surface area contributed by atoms with Gasteiger partial charge in [-0.3, -0.25) is 0 Å². The van der Waals surface area contributed by atoms with Crippen molar-refractivity contribution in [2.24, 2.45) is 0 Å². The Kier molecular flexibility index (Phi) is 8.59. The fraction of sp³-hybridized carbons (Fsp3) is 0.212. The topological polar surface area (TPSA) is 81.8 Å². The molecule has 0 bridgehead atoms. The molecular weight excluding hydrogens is 547 g/mol. The molecule has 5 rings (SSSR count). The highest BCUT2D eigenvalue weighted by Gasteiger charge is 2.31. The van der Waals surface area contributed by atoms with Crippen LogP contribution in [0, 0.1) is 6.92 Å². The zero-order chi connectivity index (χ0) is 29.7. The van der Waals surface area contributed by atoms with Crippen molar-refractivity contribution in [1.29, 1.82) is 0 Å². The number of carboxylic acid groups (broad SMARTS) is 1. The van der Waals surface area contributed by atoms with Crippen LogP contribution in [0.5, 0.6) is 5.75 Å². The van der Waals surface area contributed by atoms with E-state index in [1.165, 1.54) is 0 Å². The zero-order valence-electron chi connectivity index (χ0n) is 22.7. The Morgan fingerprint density at radius 2 is 1.52 bits per heavy atom. The molecule has 0 aliphatic heterocycles. The SMILES string of the molecule is Cc1oc(-c2ccc(-c3ccccc3)cc2)nc1CCOc1ccc(C[C@H](OCC(F)(F)F)C(=O)O)c2ccccc12. The van der Waals surface area contributed by atoms with Crippen LogP contribution in [0.1, 0.15) is 17.0 Å². The second-order valence-corrected chi connectivity index (χ2v) is 9.79. The maximum atomic E-state index is 12.6. The highest BCUT2D eigenvalue weighted by molar-refractivity contribution is 5.91. The van der Waals surface area contributed by atoms with Gasteiger partial charge in [0.15, 0.2) is 6.10 Å². The van der Waals surface area contributed by atoms with Crippen LogP contribution in [0.2, 0.25) is 0 Å². The summed E-state index contributed by atoms with van der Waals surface area (Å²) >= 11 is 0. The molecule has 0 saturated heterocycles. The number of carboxylic acids is 1. The van der Waals surface area contributed by atoms with E-state index in [1.54, 1.807) is 24.3 Å². The molecule has 1 aromatic heterocycles. The molecule has 0 aliphatic rings. The quantitative estimate of drug-likeness (QED) is 0.174. The molecule has 1 heterocycles. The third-order valence-corrected chi connectivity index (χ3v) is 6.83. The molecule has 1 N–H and O–H groups in total. The van der Waals surface area contributed by atoms with Gasteiger partial charge >= 0.3 is 12.1 Å². The number of oxazole rings is 1. The summed E-state index contributed by atoms with van der Waals surface area (Å²) in [7, 11) is 0. The number of nitrogens with zero attached hydrogens (tertiary/aromatic N) is 1. The Balaban J connectivity index is 1.26. The van der Waals surface area contributed by atoms with Crippen LogP contribution in [0.3, 0.4) is 0 Å². The lowest BCUT2D eigenvalue weighted by molar-refractivity contribution is -0.192. The molecule has 0 saturated carbocycles. The van der Waals surface area contributed by atoms with Crippen molar-refractivity contribution in [1.82, 2.24) is 4.98 Å². The van der Waals surface area contributed by atoms with E-state index in [1.807, 2.05) is 61.5 Å². The van der Waals surface area contributed by atoms with Gasteiger partial charge in [0, 0.05) is 23.8 Å². The van der Waals surface area contributed by atoms with Gasteiger partial charge in [0.25, 0.3) is 0 Å². The molecule has 42 heavy (non-hydrogen) atoms. The number of rotatable bonds is 11. The van der Waals surface area contributed by atoms with Crippen molar-refractivity contribution in [3.05, 3.63) is 108 Å². The molecule has 5 aromatic rings. The van der Waals surface area contributed by atoms with Crippen LogP contribution >= 0.6 is 0 Å². The van der Waals surface area contributed by atoms with Gasteiger partial charge in [-0.15, -0.1) is 0 Å². The number of carbonyl (C=O) groups is 1. The molecule has 1 atom stereocenters. The first-order valence-electron chi connectivity index (χ1n) is 13.3. The summed E-state index contributed by atoms with van der Waals surface area (Å²) < 4.78 is 54.5. The van der Waals surface area contributed by atoms with Gasteiger partial charge in [0.1, 0.15) is 18.1 Å². The molecule has 4 aromatic carbocycles. The monoisotopic (exact) mass is 575 g/mol. The van der Waals surface area contributed by atoms with E-state index in [2.05, 4.69) is 21.9 Å². The Morgan fingerprint density at radius 3 is 2.21 bits per heavy atom. The van der Waals surface area contributed by atoms with Gasteiger partial charge in [-0.05, 0) is 47.2 Å². The summed E-state index contributed by atoms with van der Waals surface area (Å²) in [5, 5.41) is 10.8. The number of halogens is 3. The molecule has 0 amide bonds. The summed E-state index contributed by atoms with van der Waals surface area (Å²) in [4.78, 5) is 16.2. The predicted octanol–water partition coefficient (Wildman–Crippen LogP) is 7.67. The van der Waals surface area contributed by atoms with E-state index in [-0.39, 0.29) is 6.42 Å². The van der Waals surface area contributed by atoms with Crippen LogP contribution in [0.25, 0.3) is 33.4 Å². The van der Waals surface area contributed by atoms with Crippen molar-refractivity contribution in [2.45, 2.75) is 32.0 Å². The number of aliphatic carboxylic acids is 1. The lowest BCUT2D eigenvalue weighted by Crippen LogP contribution is -2.31. The molecule has 6 nitrogen and oxygen atoms in total. The number of hydrogen-bond acceptors (Lipinski definition) is 5. The summed E-state index contributed by atoms with van der Waals surface area (Å²) in [6, 6.07) is 28.6. The van der Waals surface area contributed by atoms with Gasteiger partial charge in [-0.1, -0.05) is 72.8 Å². The van der Waals surface area contributed by atoms with Crippen molar-refractivity contribution < 1.29 is 37.0 Å². The minimum atomic E-state index is -4.62. The molecule has 0 unspecified atom stereocenters. The maximum absolute atomic E-state index is 12.6. The highest BCUT2D eigenvalue weighted by Crippen LogP contribution is 2.31. The molecule has 0 fully saturated rings. The average molecular weight is 576 g/mol. The maximum Gasteiger partial charge on any atom is 0.411 e. The number of aromatic nitrogens is 1. The van der Waals surface area contributed by atoms with E-state index >= 15 is 0 Å². The lowest BCUT2D eigenvalue weighted by Gasteiger charge is -2.17. The molecule has 9 heteroatoms. The third-order valence-electron chi connectivity index (χ3n) is 6.83. The molecule has 216 valence electrons. The number of alkyl halides is 3. The highest BCUT2D eigenvalue weighted by atomic mass is 19.4. The minimum absolute atomic E-state index is 0.223. The number of hydrogen-bond donors (Lipinski definition) is 1. The van der Waals surface area contributed by atoms with E-state index in [9.17, 15) is 23.1 Å². The van der Waals surface area contributed by atoms with Gasteiger partial charge in [-0.2, -0.15) is 13.2 Å². The fourth-order valence-corrected chi connectivity index (χ4v) is 4.73. The zero-order valence-corrected chi connectivity index (χ0v) is 22.7. The first kappa shape index (κ1) is 28.9. The number of benzene rings is 4. The van der Waals surface area contributed by atoms with E-state index in [0.717, 1.165) is 22.4 Å². The van der Waals surface area contributed by atoms with Crippen molar-refractivity contribution in [3.63, 3.8) is 0 Å². The molecule has 0 aliphatic carbocycles. The van der Waals surface area contributed by atoms with Gasteiger partial charge in [0.2, 0.25) is 5.89 Å². The summed E-state index contributed by atoms with van der Waals surface area (Å²) in [6.45, 7) is 0.523. The Bertz CT molecular complexity index is 1660. The smallest absolute Gasteiger partial charge is 0.411 e. The summed E-state index contributed by atoms with van der Waals surface area (Å²) in [6.07, 6.45) is -6.00. The lowest BCUT2D eigenvalue weighted by atomic mass is 9.99. The van der Waals surface area contributed by atoms with Crippen LogP contribution in [-0.2, 0) is 22.4 Å². The largest absolute Gasteiger partial charge is 0.493 e. The van der Waals surface area contributed by atoms with E-state index < -0.39 is 24.9 Å². The number of aryl methyl sites for hydroxylation is 1. The predicted molar refractivity (Wildman–Crippen MR) is 152 cm³/mol. The second-order valence-electron chi connectivity index (χ2n) is 9.79. The van der Waals surface area contributed by atoms with Gasteiger partial charge in [-0.25, -0.2) is 9.78 Å². The summed E-state index contributed by atoms with van der Waals surface area (Å²) in [5.74, 6) is 0.325. The van der Waals surface area contributed by atoms with Crippen LogP contribution in [0.4, 0.5) is 13.2 Å². The van der Waals surface area contributed by atoms with Crippen LogP contribution in [0.15, 0.2) is 95.4 Å². The fourth-order valence-electron chi connectivity index (χ4n) is 4.73. The second kappa shape index (κ2) is 12.5. The third kappa shape index (κ3) is 6.98. The van der Waals surface area contributed by atoms with Crippen molar-refractivity contribution >= 4 is 16.7 Å². The number of ether oxygens (including phenoxy) is 2. The van der Waals surface area contributed by atoms with E-state index in [0.29, 0.717) is 46.8 Å². The van der Waals surface area contributed by atoms with Crippen LogP contribution in [-0.4, -0.2) is 41.6 Å². The molecule has 0 radical (unpaired) electrons. The summed E-state index contributed by atoms with van der Waals surface area (Å²) in [5.41, 5.74) is 4.40. The van der Waals surface area contributed by atoms with Crippen LogP contribution < -0.4 is 4.74 Å². The molecule has 0 spiro atoms. The first-order valence-corrected chi connectivity index (χ1v) is 13.3.